The van der Waals surface area contributed by atoms with Crippen LogP contribution in [0.4, 0.5) is 5.69 Å². The number of nitrogen functional groups attached to an aromatic ring is 1. The maximum atomic E-state index is 12.4. The SMILES string of the molecule is CCCn1cc(N)c(=O)n(CC2CC3CCC2C3)c1=O. The van der Waals surface area contributed by atoms with Crippen LogP contribution in [0.15, 0.2) is 15.8 Å². The molecule has 0 aliphatic heterocycles. The van der Waals surface area contributed by atoms with Crippen LogP contribution < -0.4 is 17.0 Å². The first kappa shape index (κ1) is 13.5. The second-order valence-corrected chi connectivity index (χ2v) is 6.41. The van der Waals surface area contributed by atoms with Crippen LogP contribution in [0.2, 0.25) is 0 Å². The third kappa shape index (κ3) is 2.19. The van der Waals surface area contributed by atoms with Gasteiger partial charge in [0.15, 0.2) is 0 Å². The Balaban J connectivity index is 1.92. The number of rotatable bonds is 4. The normalized spacial score (nSPS) is 28.1. The molecule has 3 rings (SSSR count). The summed E-state index contributed by atoms with van der Waals surface area (Å²) in [6, 6.07) is 0. The second-order valence-electron chi connectivity index (χ2n) is 6.41. The van der Waals surface area contributed by atoms with Crippen LogP contribution >= 0.6 is 0 Å². The Hall–Kier alpha value is -1.52. The molecule has 2 aliphatic carbocycles. The number of hydrogen-bond acceptors (Lipinski definition) is 3. The van der Waals surface area contributed by atoms with E-state index >= 15 is 0 Å². The van der Waals surface area contributed by atoms with Crippen LogP contribution in [-0.4, -0.2) is 9.13 Å². The fourth-order valence-corrected chi connectivity index (χ4v) is 4.07. The molecule has 2 saturated carbocycles. The van der Waals surface area contributed by atoms with Gasteiger partial charge in [0, 0.05) is 19.3 Å². The quantitative estimate of drug-likeness (QED) is 0.905. The van der Waals surface area contributed by atoms with Crippen molar-refractivity contribution >= 4 is 5.69 Å². The molecule has 0 spiro atoms. The van der Waals surface area contributed by atoms with E-state index in [1.165, 1.54) is 36.4 Å². The highest BCUT2D eigenvalue weighted by Crippen LogP contribution is 2.48. The van der Waals surface area contributed by atoms with Gasteiger partial charge in [0.1, 0.15) is 5.69 Å². The van der Waals surface area contributed by atoms with Gasteiger partial charge in [0.05, 0.1) is 0 Å². The number of hydrogen-bond donors (Lipinski definition) is 1. The molecule has 1 aromatic heterocycles. The van der Waals surface area contributed by atoms with Crippen molar-refractivity contribution in [1.82, 2.24) is 9.13 Å². The molecule has 20 heavy (non-hydrogen) atoms. The summed E-state index contributed by atoms with van der Waals surface area (Å²) in [6.07, 6.45) is 7.38. The van der Waals surface area contributed by atoms with Crippen molar-refractivity contribution in [3.8, 4) is 0 Å². The highest BCUT2D eigenvalue weighted by atomic mass is 16.2. The van der Waals surface area contributed by atoms with Crippen molar-refractivity contribution in [2.75, 3.05) is 5.73 Å². The maximum absolute atomic E-state index is 12.4. The summed E-state index contributed by atoms with van der Waals surface area (Å²) in [6.45, 7) is 3.17. The lowest BCUT2D eigenvalue weighted by atomic mass is 9.89. The highest BCUT2D eigenvalue weighted by Gasteiger charge is 2.39. The Labute approximate surface area is 118 Å². The first-order chi connectivity index (χ1) is 9.60. The van der Waals surface area contributed by atoms with Crippen LogP contribution in [-0.2, 0) is 13.1 Å². The Morgan fingerprint density at radius 2 is 2.10 bits per heavy atom. The van der Waals surface area contributed by atoms with E-state index in [1.54, 1.807) is 4.57 Å². The molecule has 2 bridgehead atoms. The molecule has 1 heterocycles. The van der Waals surface area contributed by atoms with Gasteiger partial charge in [-0.2, -0.15) is 0 Å². The van der Waals surface area contributed by atoms with Crippen molar-refractivity contribution in [2.24, 2.45) is 17.8 Å². The van der Waals surface area contributed by atoms with Gasteiger partial charge in [-0.3, -0.25) is 13.9 Å². The van der Waals surface area contributed by atoms with Gasteiger partial charge >= 0.3 is 5.69 Å². The average molecular weight is 277 g/mol. The summed E-state index contributed by atoms with van der Waals surface area (Å²) >= 11 is 0. The van der Waals surface area contributed by atoms with Gasteiger partial charge in [-0.15, -0.1) is 0 Å². The van der Waals surface area contributed by atoms with Gasteiger partial charge in [0.25, 0.3) is 5.56 Å². The average Bonchev–Trinajstić information content (AvgIpc) is 3.03. The first-order valence-corrected chi connectivity index (χ1v) is 7.70. The molecule has 3 unspecified atom stereocenters. The predicted octanol–water partition coefficient (Wildman–Crippen LogP) is 1.44. The van der Waals surface area contributed by atoms with E-state index < -0.39 is 0 Å². The second kappa shape index (κ2) is 5.11. The monoisotopic (exact) mass is 277 g/mol. The van der Waals surface area contributed by atoms with E-state index in [9.17, 15) is 9.59 Å². The molecule has 0 aromatic carbocycles. The molecule has 5 nitrogen and oxygen atoms in total. The van der Waals surface area contributed by atoms with Crippen LogP contribution in [0, 0.1) is 17.8 Å². The Bertz CT molecular complexity index is 617. The minimum absolute atomic E-state index is 0.182. The molecule has 3 atom stereocenters. The van der Waals surface area contributed by atoms with Crippen LogP contribution in [0.5, 0.6) is 0 Å². The summed E-state index contributed by atoms with van der Waals surface area (Å²) in [5, 5.41) is 0. The molecule has 0 saturated heterocycles. The summed E-state index contributed by atoms with van der Waals surface area (Å²) < 4.78 is 2.94. The van der Waals surface area contributed by atoms with Crippen molar-refractivity contribution < 1.29 is 0 Å². The number of aryl methyl sites for hydroxylation is 1. The molecule has 1 aromatic rings. The molecular formula is C15H23N3O2. The van der Waals surface area contributed by atoms with Crippen molar-refractivity contribution in [3.05, 3.63) is 27.0 Å². The number of fused-ring (bicyclic) bond motifs is 2. The molecule has 0 radical (unpaired) electrons. The molecule has 2 aliphatic rings. The summed E-state index contributed by atoms with van der Waals surface area (Å²) in [4.78, 5) is 24.6. The van der Waals surface area contributed by atoms with Gasteiger partial charge in [-0.1, -0.05) is 13.3 Å². The topological polar surface area (TPSA) is 70.0 Å². The molecule has 0 amide bonds. The Morgan fingerprint density at radius 3 is 2.70 bits per heavy atom. The molecule has 110 valence electrons. The van der Waals surface area contributed by atoms with Crippen LogP contribution in [0.25, 0.3) is 0 Å². The minimum atomic E-state index is -0.315. The third-order valence-corrected chi connectivity index (χ3v) is 5.03. The lowest BCUT2D eigenvalue weighted by Gasteiger charge is -2.22. The third-order valence-electron chi connectivity index (χ3n) is 5.03. The molecule has 2 N–H and O–H groups in total. The van der Waals surface area contributed by atoms with Crippen molar-refractivity contribution in [1.29, 1.82) is 0 Å². The molecular weight excluding hydrogens is 254 g/mol. The van der Waals surface area contributed by atoms with E-state index in [0.29, 0.717) is 24.9 Å². The lowest BCUT2D eigenvalue weighted by Crippen LogP contribution is -2.42. The zero-order valence-corrected chi connectivity index (χ0v) is 12.0. The van der Waals surface area contributed by atoms with Crippen molar-refractivity contribution in [3.63, 3.8) is 0 Å². The summed E-state index contributed by atoms with van der Waals surface area (Å²) in [5.74, 6) is 2.00. The number of nitrogens with two attached hydrogens (primary N) is 1. The largest absolute Gasteiger partial charge is 0.393 e. The summed E-state index contributed by atoms with van der Waals surface area (Å²) in [5.41, 5.74) is 5.44. The highest BCUT2D eigenvalue weighted by molar-refractivity contribution is 5.31. The number of nitrogens with zero attached hydrogens (tertiary/aromatic N) is 2. The van der Waals surface area contributed by atoms with E-state index in [2.05, 4.69) is 0 Å². The number of anilines is 1. The first-order valence-electron chi connectivity index (χ1n) is 7.70. The fraction of sp³-hybridized carbons (Fsp3) is 0.733. The molecule has 2 fully saturated rings. The van der Waals surface area contributed by atoms with Gasteiger partial charge < -0.3 is 5.73 Å². The van der Waals surface area contributed by atoms with E-state index in [0.717, 1.165) is 12.3 Å². The van der Waals surface area contributed by atoms with Gasteiger partial charge in [-0.25, -0.2) is 4.79 Å². The fourth-order valence-electron chi connectivity index (χ4n) is 4.07. The van der Waals surface area contributed by atoms with Crippen molar-refractivity contribution in [2.45, 2.75) is 52.1 Å². The maximum Gasteiger partial charge on any atom is 0.331 e. The van der Waals surface area contributed by atoms with E-state index in [1.807, 2.05) is 6.92 Å². The standard InChI is InChI=1S/C15H23N3O2/c1-2-5-17-9-13(16)14(19)18(15(17)20)8-12-7-10-3-4-11(12)6-10/h9-12H,2-8,16H2,1H3. The van der Waals surface area contributed by atoms with Crippen LogP contribution in [0.3, 0.4) is 0 Å². The molecule has 5 heteroatoms. The van der Waals surface area contributed by atoms with Gasteiger partial charge in [-0.05, 0) is 43.4 Å². The lowest BCUT2D eigenvalue weighted by molar-refractivity contribution is 0.286. The van der Waals surface area contributed by atoms with E-state index in [-0.39, 0.29) is 16.9 Å². The Kier molecular flexibility index (Phi) is 3.44. The number of aromatic nitrogens is 2. The van der Waals surface area contributed by atoms with Gasteiger partial charge in [0.2, 0.25) is 0 Å². The Morgan fingerprint density at radius 1 is 1.30 bits per heavy atom. The van der Waals surface area contributed by atoms with E-state index in [4.69, 9.17) is 5.73 Å². The van der Waals surface area contributed by atoms with Crippen LogP contribution in [0.1, 0.15) is 39.0 Å². The summed E-state index contributed by atoms with van der Waals surface area (Å²) in [7, 11) is 0. The smallest absolute Gasteiger partial charge is 0.331 e. The zero-order chi connectivity index (χ0) is 14.3. The minimum Gasteiger partial charge on any atom is -0.393 e. The zero-order valence-electron chi connectivity index (χ0n) is 12.0. The predicted molar refractivity (Wildman–Crippen MR) is 78.6 cm³/mol.